The Bertz CT molecular complexity index is 1580. The van der Waals surface area contributed by atoms with E-state index in [1.807, 2.05) is 12.1 Å². The van der Waals surface area contributed by atoms with E-state index in [-0.39, 0.29) is 39.2 Å². The van der Waals surface area contributed by atoms with Crippen molar-refractivity contribution < 1.29 is 26.7 Å². The number of fused-ring (bicyclic) bond motifs is 2. The quantitative estimate of drug-likeness (QED) is 0.373. The van der Waals surface area contributed by atoms with Crippen LogP contribution >= 0.6 is 0 Å². The molecule has 0 spiro atoms. The Kier molecular flexibility index (Phi) is 7.70. The molecule has 3 N–H and O–H groups in total. The van der Waals surface area contributed by atoms with Crippen molar-refractivity contribution in [2.45, 2.75) is 63.7 Å². The van der Waals surface area contributed by atoms with E-state index in [2.05, 4.69) is 42.1 Å². The summed E-state index contributed by atoms with van der Waals surface area (Å²) in [6.45, 7) is 8.36. The van der Waals surface area contributed by atoms with Crippen molar-refractivity contribution in [3.05, 3.63) is 59.2 Å². The van der Waals surface area contributed by atoms with Crippen molar-refractivity contribution in [3.63, 3.8) is 0 Å². The number of nitrogens with one attached hydrogen (secondary N) is 2. The Labute approximate surface area is 230 Å². The van der Waals surface area contributed by atoms with E-state index in [0.717, 1.165) is 24.7 Å². The topological polar surface area (TPSA) is 142 Å². The Balaban J connectivity index is 1.87. The first-order valence-corrected chi connectivity index (χ1v) is 16.3. The fraction of sp³-hybridized carbons (Fsp3) is 0.429. The molecule has 0 amide bonds. The van der Waals surface area contributed by atoms with E-state index in [0.29, 0.717) is 30.2 Å². The summed E-state index contributed by atoms with van der Waals surface area (Å²) in [7, 11) is -7.97. The number of hydrogen-bond acceptors (Lipinski definition) is 7. The van der Waals surface area contributed by atoms with Gasteiger partial charge >= 0.3 is 0 Å². The highest BCUT2D eigenvalue weighted by atomic mass is 32.2. The zero-order valence-electron chi connectivity index (χ0n) is 22.8. The average molecular weight is 574 g/mol. The standard InChI is InChI=1S/C28H35N3O6S2/c1-17(2)12-14-28(15-13-18(3)4)21-9-7-6-8-20(21)25(32)24(26(28)33)27-29-22-11-10-19(30-38(5,34)35)16-23(22)39(36,37)31-27/h6-11,16-18,30,32H,12-15H2,1-5H3,(H,29,31). The van der Waals surface area contributed by atoms with Gasteiger partial charge in [-0.2, -0.15) is 8.42 Å². The van der Waals surface area contributed by atoms with Gasteiger partial charge in [0, 0.05) is 11.3 Å². The fourth-order valence-electron chi connectivity index (χ4n) is 5.17. The fourth-order valence-corrected chi connectivity index (χ4v) is 6.87. The molecule has 1 heterocycles. The van der Waals surface area contributed by atoms with Crippen LogP contribution in [0.15, 0.2) is 57.3 Å². The number of hydrogen-bond donors (Lipinski definition) is 3. The van der Waals surface area contributed by atoms with Gasteiger partial charge in [0.1, 0.15) is 16.2 Å². The van der Waals surface area contributed by atoms with Crippen LogP contribution in [0.2, 0.25) is 0 Å². The van der Waals surface area contributed by atoms with Gasteiger partial charge < -0.3 is 10.4 Å². The first-order valence-electron chi connectivity index (χ1n) is 13.0. The number of benzene rings is 2. The van der Waals surface area contributed by atoms with Crippen molar-refractivity contribution in [2.75, 3.05) is 16.3 Å². The van der Waals surface area contributed by atoms with Gasteiger partial charge in [0.2, 0.25) is 10.0 Å². The summed E-state index contributed by atoms with van der Waals surface area (Å²) in [5.74, 6) is -0.269. The maximum Gasteiger partial charge on any atom is 0.286 e. The van der Waals surface area contributed by atoms with E-state index >= 15 is 0 Å². The molecule has 1 aliphatic heterocycles. The highest BCUT2D eigenvalue weighted by Crippen LogP contribution is 2.47. The van der Waals surface area contributed by atoms with Gasteiger partial charge in [-0.25, -0.2) is 8.42 Å². The maximum atomic E-state index is 14.5. The molecule has 2 aromatic rings. The molecule has 39 heavy (non-hydrogen) atoms. The molecular formula is C28H35N3O6S2. The number of carbonyl (C=O) groups is 1. The van der Waals surface area contributed by atoms with Gasteiger partial charge in [-0.3, -0.25) is 9.52 Å². The molecule has 2 aliphatic rings. The summed E-state index contributed by atoms with van der Waals surface area (Å²) in [6.07, 6.45) is 3.58. The third-order valence-corrected chi connectivity index (χ3v) is 9.08. The molecule has 0 saturated heterocycles. The number of Topliss-reactive ketones (excluding diaryl/α,β-unsaturated/α-hetero) is 1. The van der Waals surface area contributed by atoms with Gasteiger partial charge in [-0.15, -0.1) is 4.40 Å². The van der Waals surface area contributed by atoms with Crippen LogP contribution in [0, 0.1) is 11.8 Å². The molecule has 2 aromatic carbocycles. The van der Waals surface area contributed by atoms with Gasteiger partial charge in [0.15, 0.2) is 11.6 Å². The maximum absolute atomic E-state index is 14.5. The largest absolute Gasteiger partial charge is 0.506 e. The molecule has 0 saturated carbocycles. The minimum absolute atomic E-state index is 0.0615. The third kappa shape index (κ3) is 5.74. The molecule has 0 bridgehead atoms. The highest BCUT2D eigenvalue weighted by Gasteiger charge is 2.49. The zero-order valence-corrected chi connectivity index (χ0v) is 24.4. The number of sulfonamides is 2. The summed E-state index contributed by atoms with van der Waals surface area (Å²) in [4.78, 5) is 14.2. The SMILES string of the molecule is CC(C)CCC1(CCC(C)C)C(=O)C(C2=NS(=O)(=O)c3cc(NS(C)(=O)=O)ccc3N2)=C(O)c2ccccc21. The van der Waals surface area contributed by atoms with E-state index in [9.17, 15) is 26.7 Å². The van der Waals surface area contributed by atoms with Crippen LogP contribution in [-0.4, -0.2) is 39.8 Å². The zero-order chi connectivity index (χ0) is 28.8. The van der Waals surface area contributed by atoms with Crippen LogP contribution in [-0.2, 0) is 30.3 Å². The molecule has 4 rings (SSSR count). The molecule has 0 fully saturated rings. The molecule has 9 nitrogen and oxygen atoms in total. The van der Waals surface area contributed by atoms with E-state index < -0.39 is 25.5 Å². The van der Waals surface area contributed by atoms with E-state index in [1.165, 1.54) is 18.2 Å². The monoisotopic (exact) mass is 573 g/mol. The summed E-state index contributed by atoms with van der Waals surface area (Å²) in [5, 5.41) is 14.3. The predicted molar refractivity (Wildman–Crippen MR) is 154 cm³/mol. The first-order chi connectivity index (χ1) is 18.1. The lowest BCUT2D eigenvalue weighted by atomic mass is 9.62. The van der Waals surface area contributed by atoms with Gasteiger partial charge in [-0.1, -0.05) is 52.0 Å². The van der Waals surface area contributed by atoms with Crippen molar-refractivity contribution in [3.8, 4) is 0 Å². The molecule has 0 atom stereocenters. The second-order valence-corrected chi connectivity index (χ2v) is 14.5. The Morgan fingerprint density at radius 3 is 2.23 bits per heavy atom. The van der Waals surface area contributed by atoms with Crippen LogP contribution in [0.3, 0.4) is 0 Å². The van der Waals surface area contributed by atoms with E-state index in [1.54, 1.807) is 12.1 Å². The Morgan fingerprint density at radius 1 is 1.03 bits per heavy atom. The summed E-state index contributed by atoms with van der Waals surface area (Å²) in [5.41, 5.74) is 0.305. The summed E-state index contributed by atoms with van der Waals surface area (Å²) >= 11 is 0. The Morgan fingerprint density at radius 2 is 1.64 bits per heavy atom. The minimum atomic E-state index is -4.34. The second-order valence-electron chi connectivity index (χ2n) is 11.2. The van der Waals surface area contributed by atoms with Crippen LogP contribution in [0.4, 0.5) is 11.4 Å². The van der Waals surface area contributed by atoms with Gasteiger partial charge in [0.25, 0.3) is 10.0 Å². The number of carbonyl (C=O) groups excluding carboxylic acids is 1. The lowest BCUT2D eigenvalue weighted by Gasteiger charge is -2.40. The number of ketones is 1. The number of rotatable bonds is 9. The molecule has 1 aliphatic carbocycles. The van der Waals surface area contributed by atoms with Crippen molar-refractivity contribution in [2.24, 2.45) is 16.2 Å². The number of anilines is 2. The van der Waals surface area contributed by atoms with Crippen molar-refractivity contribution in [1.82, 2.24) is 0 Å². The number of nitrogens with zero attached hydrogens (tertiary/aromatic N) is 1. The van der Waals surface area contributed by atoms with Crippen molar-refractivity contribution in [1.29, 1.82) is 0 Å². The van der Waals surface area contributed by atoms with E-state index in [4.69, 9.17) is 0 Å². The lowest BCUT2D eigenvalue weighted by molar-refractivity contribution is -0.121. The predicted octanol–water partition coefficient (Wildman–Crippen LogP) is 5.23. The molecule has 0 radical (unpaired) electrons. The lowest BCUT2D eigenvalue weighted by Crippen LogP contribution is -2.44. The first kappa shape index (κ1) is 28.8. The normalized spacial score (nSPS) is 17.9. The van der Waals surface area contributed by atoms with Gasteiger partial charge in [0.05, 0.1) is 17.4 Å². The smallest absolute Gasteiger partial charge is 0.286 e. The molecule has 11 heteroatoms. The summed E-state index contributed by atoms with van der Waals surface area (Å²) in [6, 6.07) is 11.2. The van der Waals surface area contributed by atoms with Crippen LogP contribution in [0.25, 0.3) is 5.76 Å². The molecular weight excluding hydrogens is 538 g/mol. The Hall–Kier alpha value is -3.18. The average Bonchev–Trinajstić information content (AvgIpc) is 2.83. The molecule has 0 unspecified atom stereocenters. The number of aliphatic hydroxyl groups excluding tert-OH is 1. The number of aliphatic hydroxyl groups is 1. The number of amidine groups is 1. The van der Waals surface area contributed by atoms with Crippen LogP contribution in [0.1, 0.15) is 64.5 Å². The van der Waals surface area contributed by atoms with Crippen LogP contribution in [0.5, 0.6) is 0 Å². The minimum Gasteiger partial charge on any atom is -0.506 e. The molecule has 0 aromatic heterocycles. The van der Waals surface area contributed by atoms with Gasteiger partial charge in [-0.05, 0) is 61.3 Å². The highest BCUT2D eigenvalue weighted by molar-refractivity contribution is 7.92. The molecule has 210 valence electrons. The second kappa shape index (κ2) is 10.4. The van der Waals surface area contributed by atoms with Crippen molar-refractivity contribution >= 4 is 48.8 Å². The third-order valence-electron chi connectivity index (χ3n) is 7.16. The van der Waals surface area contributed by atoms with Crippen LogP contribution < -0.4 is 10.0 Å². The summed E-state index contributed by atoms with van der Waals surface area (Å²) < 4.78 is 56.0.